The predicted octanol–water partition coefficient (Wildman–Crippen LogP) is 5.61. The van der Waals surface area contributed by atoms with Crippen LogP contribution < -0.4 is 0 Å². The Bertz CT molecular complexity index is 557. The van der Waals surface area contributed by atoms with Gasteiger partial charge in [-0.1, -0.05) is 53.6 Å². The van der Waals surface area contributed by atoms with Gasteiger partial charge in [-0.15, -0.1) is 23.2 Å². The molecule has 0 radical (unpaired) electrons. The minimum absolute atomic E-state index is 0.247. The van der Waals surface area contributed by atoms with Crippen LogP contribution >= 0.6 is 34.8 Å². The largest absolute Gasteiger partial charge is 0.126 e. The second kappa shape index (κ2) is 6.85. The van der Waals surface area contributed by atoms with E-state index in [0.717, 1.165) is 11.4 Å². The Hall–Kier alpha value is -0.690. The maximum atomic E-state index is 6.28. The van der Waals surface area contributed by atoms with Crippen LogP contribution in [0.4, 0.5) is 0 Å². The quantitative estimate of drug-likeness (QED) is 0.626. The monoisotopic (exact) mass is 326 g/mol. The topological polar surface area (TPSA) is 0 Å². The van der Waals surface area contributed by atoms with Crippen molar-refractivity contribution in [3.8, 4) is 0 Å². The fraction of sp³-hybridized carbons (Fsp3) is 0.294. The second-order valence-electron chi connectivity index (χ2n) is 5.22. The summed E-state index contributed by atoms with van der Waals surface area (Å²) in [6.45, 7) is 2.08. The highest BCUT2D eigenvalue weighted by atomic mass is 35.5. The summed E-state index contributed by atoms with van der Waals surface area (Å²) in [4.78, 5) is 0. The molecule has 20 heavy (non-hydrogen) atoms. The van der Waals surface area contributed by atoms with Crippen molar-refractivity contribution in [1.29, 1.82) is 0 Å². The van der Waals surface area contributed by atoms with Crippen molar-refractivity contribution in [2.24, 2.45) is 0 Å². The van der Waals surface area contributed by atoms with Gasteiger partial charge in [-0.05, 0) is 36.6 Å². The highest BCUT2D eigenvalue weighted by molar-refractivity contribution is 6.30. The Kier molecular flexibility index (Phi) is 5.37. The van der Waals surface area contributed by atoms with E-state index in [2.05, 4.69) is 31.2 Å². The lowest BCUT2D eigenvalue weighted by Crippen LogP contribution is -2.33. The Morgan fingerprint density at radius 3 is 2.15 bits per heavy atom. The van der Waals surface area contributed by atoms with Crippen LogP contribution in [-0.2, 0) is 11.8 Å². The molecule has 0 aliphatic heterocycles. The number of hydrogen-bond acceptors (Lipinski definition) is 0. The van der Waals surface area contributed by atoms with Gasteiger partial charge in [0.1, 0.15) is 0 Å². The molecule has 0 aliphatic carbocycles. The van der Waals surface area contributed by atoms with Crippen molar-refractivity contribution >= 4 is 34.8 Å². The van der Waals surface area contributed by atoms with Crippen LogP contribution in [0.25, 0.3) is 0 Å². The molecule has 0 amide bonds. The zero-order chi connectivity index (χ0) is 14.6. The van der Waals surface area contributed by atoms with Crippen molar-refractivity contribution in [2.75, 3.05) is 11.8 Å². The molecule has 0 saturated carbocycles. The summed E-state index contributed by atoms with van der Waals surface area (Å²) >= 11 is 18.5. The standard InChI is InChI=1S/C17H17Cl3/c1-13-3-2-4-15(9-13)17(11-18,12-19)10-14-5-7-16(20)8-6-14/h2-9H,10-12H2,1H3. The number of hydrogen-bond donors (Lipinski definition) is 0. The Morgan fingerprint density at radius 1 is 0.950 bits per heavy atom. The van der Waals surface area contributed by atoms with E-state index in [0.29, 0.717) is 11.8 Å². The van der Waals surface area contributed by atoms with Gasteiger partial charge in [-0.2, -0.15) is 0 Å². The zero-order valence-electron chi connectivity index (χ0n) is 11.4. The van der Waals surface area contributed by atoms with Crippen LogP contribution in [0.3, 0.4) is 0 Å². The average molecular weight is 328 g/mol. The van der Waals surface area contributed by atoms with Gasteiger partial charge in [-0.3, -0.25) is 0 Å². The molecule has 0 atom stereocenters. The molecule has 0 aromatic heterocycles. The molecule has 0 aliphatic rings. The van der Waals surface area contributed by atoms with E-state index in [1.807, 2.05) is 24.3 Å². The maximum Gasteiger partial charge on any atom is 0.0406 e. The Morgan fingerprint density at radius 2 is 1.60 bits per heavy atom. The normalized spacial score (nSPS) is 11.6. The van der Waals surface area contributed by atoms with Crippen LogP contribution in [0.5, 0.6) is 0 Å². The van der Waals surface area contributed by atoms with E-state index in [-0.39, 0.29) is 5.41 Å². The second-order valence-corrected chi connectivity index (χ2v) is 6.19. The molecule has 0 bridgehead atoms. The predicted molar refractivity (Wildman–Crippen MR) is 89.5 cm³/mol. The van der Waals surface area contributed by atoms with Gasteiger partial charge in [0.15, 0.2) is 0 Å². The third-order valence-electron chi connectivity index (χ3n) is 3.60. The van der Waals surface area contributed by atoms with Gasteiger partial charge >= 0.3 is 0 Å². The molecular formula is C17H17Cl3. The highest BCUT2D eigenvalue weighted by Crippen LogP contribution is 2.32. The first kappa shape index (κ1) is 15.7. The maximum absolute atomic E-state index is 6.28. The van der Waals surface area contributed by atoms with Gasteiger partial charge in [0.25, 0.3) is 0 Å². The summed E-state index contributed by atoms with van der Waals surface area (Å²) < 4.78 is 0. The van der Waals surface area contributed by atoms with E-state index in [4.69, 9.17) is 34.8 Å². The summed E-state index contributed by atoms with van der Waals surface area (Å²) in [7, 11) is 0. The number of aryl methyl sites for hydroxylation is 1. The van der Waals surface area contributed by atoms with E-state index in [9.17, 15) is 0 Å². The van der Waals surface area contributed by atoms with Crippen LogP contribution in [0, 0.1) is 6.92 Å². The zero-order valence-corrected chi connectivity index (χ0v) is 13.6. The minimum atomic E-state index is -0.247. The number of alkyl halides is 2. The summed E-state index contributed by atoms with van der Waals surface area (Å²) in [5.74, 6) is 0.977. The molecule has 0 N–H and O–H groups in total. The SMILES string of the molecule is Cc1cccc(C(CCl)(CCl)Cc2ccc(Cl)cc2)c1. The third-order valence-corrected chi connectivity index (χ3v) is 4.87. The van der Waals surface area contributed by atoms with E-state index < -0.39 is 0 Å². The Balaban J connectivity index is 2.36. The number of halogens is 3. The van der Waals surface area contributed by atoms with Gasteiger partial charge in [0.2, 0.25) is 0 Å². The molecule has 2 aromatic rings. The molecule has 0 fully saturated rings. The van der Waals surface area contributed by atoms with E-state index >= 15 is 0 Å². The first-order valence-electron chi connectivity index (χ1n) is 6.53. The number of benzene rings is 2. The van der Waals surface area contributed by atoms with Gasteiger partial charge < -0.3 is 0 Å². The average Bonchev–Trinajstić information content (AvgIpc) is 2.47. The molecule has 0 spiro atoms. The van der Waals surface area contributed by atoms with Crippen LogP contribution in [0.15, 0.2) is 48.5 Å². The van der Waals surface area contributed by atoms with Crippen molar-refractivity contribution in [2.45, 2.75) is 18.8 Å². The summed E-state index contributed by atoms with van der Waals surface area (Å²) in [6.07, 6.45) is 0.806. The van der Waals surface area contributed by atoms with E-state index in [1.165, 1.54) is 16.7 Å². The first-order chi connectivity index (χ1) is 9.59. The summed E-state index contributed by atoms with van der Waals surface area (Å²) in [6, 6.07) is 16.3. The molecule has 0 unspecified atom stereocenters. The van der Waals surface area contributed by atoms with Crippen LogP contribution in [0.1, 0.15) is 16.7 Å². The van der Waals surface area contributed by atoms with Crippen molar-refractivity contribution < 1.29 is 0 Å². The lowest BCUT2D eigenvalue weighted by molar-refractivity contribution is 0.536. The van der Waals surface area contributed by atoms with Crippen LogP contribution in [-0.4, -0.2) is 11.8 Å². The number of rotatable bonds is 5. The minimum Gasteiger partial charge on any atom is -0.126 e. The molecule has 0 nitrogen and oxygen atoms in total. The molecule has 3 heteroatoms. The molecule has 2 aromatic carbocycles. The van der Waals surface area contributed by atoms with Gasteiger partial charge in [-0.25, -0.2) is 0 Å². The first-order valence-corrected chi connectivity index (χ1v) is 7.98. The summed E-state index contributed by atoms with van der Waals surface area (Å²) in [5, 5.41) is 0.742. The molecule has 106 valence electrons. The van der Waals surface area contributed by atoms with Gasteiger partial charge in [0.05, 0.1) is 0 Å². The molecule has 0 saturated heterocycles. The Labute approximate surface area is 135 Å². The fourth-order valence-electron chi connectivity index (χ4n) is 2.35. The highest BCUT2D eigenvalue weighted by Gasteiger charge is 2.31. The summed E-state index contributed by atoms with van der Waals surface area (Å²) in [5.41, 5.74) is 3.36. The molecule has 2 rings (SSSR count). The van der Waals surface area contributed by atoms with Crippen molar-refractivity contribution in [1.82, 2.24) is 0 Å². The fourth-order valence-corrected chi connectivity index (χ4v) is 3.26. The van der Waals surface area contributed by atoms with Crippen molar-refractivity contribution in [3.63, 3.8) is 0 Å². The van der Waals surface area contributed by atoms with Crippen molar-refractivity contribution in [3.05, 3.63) is 70.2 Å². The van der Waals surface area contributed by atoms with Gasteiger partial charge in [0, 0.05) is 22.2 Å². The molecular weight excluding hydrogens is 311 g/mol. The van der Waals surface area contributed by atoms with E-state index in [1.54, 1.807) is 0 Å². The lowest BCUT2D eigenvalue weighted by atomic mass is 9.78. The van der Waals surface area contributed by atoms with Crippen LogP contribution in [0.2, 0.25) is 5.02 Å². The lowest BCUT2D eigenvalue weighted by Gasteiger charge is -2.31. The molecule has 0 heterocycles. The third kappa shape index (κ3) is 3.49. The smallest absolute Gasteiger partial charge is 0.0406 e.